The van der Waals surface area contributed by atoms with Gasteiger partial charge in [0.2, 0.25) is 0 Å². The van der Waals surface area contributed by atoms with Crippen molar-refractivity contribution in [3.05, 3.63) is 59.2 Å². The van der Waals surface area contributed by atoms with Crippen LogP contribution < -0.4 is 5.32 Å². The highest BCUT2D eigenvalue weighted by atomic mass is 16.5. The van der Waals surface area contributed by atoms with Crippen molar-refractivity contribution in [1.29, 1.82) is 0 Å². The van der Waals surface area contributed by atoms with Crippen LogP contribution in [0, 0.1) is 20.8 Å². The Morgan fingerprint density at radius 1 is 1.28 bits per heavy atom. The van der Waals surface area contributed by atoms with Crippen LogP contribution in [0.15, 0.2) is 41.1 Å². The number of carbonyl (C=O) groups is 1. The van der Waals surface area contributed by atoms with E-state index in [0.717, 1.165) is 28.4 Å². The minimum absolute atomic E-state index is 0.200. The first-order chi connectivity index (χ1) is 12.0. The Bertz CT molecular complexity index is 877. The van der Waals surface area contributed by atoms with Gasteiger partial charge in [0.15, 0.2) is 0 Å². The fraction of sp³-hybridized carbons (Fsp3) is 0.278. The minimum atomic E-state index is -0.200. The summed E-state index contributed by atoms with van der Waals surface area (Å²) < 4.78 is 6.97. The van der Waals surface area contributed by atoms with Crippen molar-refractivity contribution in [3.63, 3.8) is 0 Å². The van der Waals surface area contributed by atoms with Crippen molar-refractivity contribution in [3.8, 4) is 5.69 Å². The molecule has 0 aliphatic rings. The number of nitrogens with one attached hydrogen (secondary N) is 1. The predicted octanol–water partition coefficient (Wildman–Crippen LogP) is 3.45. The lowest BCUT2D eigenvalue weighted by molar-refractivity contribution is 0.220. The van der Waals surface area contributed by atoms with E-state index in [-0.39, 0.29) is 6.03 Å². The average molecular weight is 339 g/mol. The second-order valence-corrected chi connectivity index (χ2v) is 6.02. The number of aryl methyl sites for hydroxylation is 3. The van der Waals surface area contributed by atoms with E-state index >= 15 is 0 Å². The molecule has 1 aromatic carbocycles. The summed E-state index contributed by atoms with van der Waals surface area (Å²) in [5.41, 5.74) is 4.36. The summed E-state index contributed by atoms with van der Waals surface area (Å²) in [6.07, 6.45) is 1.75. The van der Waals surface area contributed by atoms with E-state index in [2.05, 4.69) is 15.6 Å². The van der Waals surface area contributed by atoms with Crippen LogP contribution >= 0.6 is 0 Å². The highest BCUT2D eigenvalue weighted by molar-refractivity contribution is 5.89. The van der Waals surface area contributed by atoms with Gasteiger partial charge in [-0.05, 0) is 45.0 Å². The highest BCUT2D eigenvalue weighted by Crippen LogP contribution is 2.18. The van der Waals surface area contributed by atoms with Crippen molar-refractivity contribution in [2.75, 3.05) is 12.4 Å². The van der Waals surface area contributed by atoms with E-state index < -0.39 is 0 Å². The Balaban J connectivity index is 1.72. The molecule has 0 fully saturated rings. The SMILES string of the molecule is Cc1noc(C)c1CN(C)C(=O)Nc1cccc(-n2nccc2C)c1. The van der Waals surface area contributed by atoms with Gasteiger partial charge >= 0.3 is 6.03 Å². The number of nitrogens with zero attached hydrogens (tertiary/aromatic N) is 4. The molecule has 0 spiro atoms. The monoisotopic (exact) mass is 339 g/mol. The van der Waals surface area contributed by atoms with Gasteiger partial charge in [-0.2, -0.15) is 5.10 Å². The Kier molecular flexibility index (Phi) is 4.56. The molecule has 0 aliphatic heterocycles. The quantitative estimate of drug-likeness (QED) is 0.790. The molecule has 0 bridgehead atoms. The van der Waals surface area contributed by atoms with Crippen LogP contribution in [0.1, 0.15) is 22.7 Å². The Hall–Kier alpha value is -3.09. The maximum Gasteiger partial charge on any atom is 0.321 e. The van der Waals surface area contributed by atoms with Gasteiger partial charge in [0.1, 0.15) is 5.76 Å². The lowest BCUT2D eigenvalue weighted by atomic mass is 10.2. The normalized spacial score (nSPS) is 10.7. The van der Waals surface area contributed by atoms with E-state index in [1.807, 2.05) is 55.8 Å². The first-order valence-electron chi connectivity index (χ1n) is 8.00. The summed E-state index contributed by atoms with van der Waals surface area (Å²) >= 11 is 0. The molecule has 7 nitrogen and oxygen atoms in total. The number of benzene rings is 1. The van der Waals surface area contributed by atoms with Gasteiger partial charge < -0.3 is 14.7 Å². The zero-order chi connectivity index (χ0) is 18.0. The number of rotatable bonds is 4. The molecule has 0 atom stereocenters. The number of hydrogen-bond donors (Lipinski definition) is 1. The smallest absolute Gasteiger partial charge is 0.321 e. The average Bonchev–Trinajstić information content (AvgIpc) is 3.15. The molecule has 0 unspecified atom stereocenters. The summed E-state index contributed by atoms with van der Waals surface area (Å²) in [6, 6.07) is 9.31. The van der Waals surface area contributed by atoms with Crippen LogP contribution in [-0.2, 0) is 6.54 Å². The summed E-state index contributed by atoms with van der Waals surface area (Å²) in [7, 11) is 1.74. The molecule has 3 aromatic rings. The maximum absolute atomic E-state index is 12.5. The van der Waals surface area contributed by atoms with Crippen LogP contribution in [0.4, 0.5) is 10.5 Å². The number of hydrogen-bond acceptors (Lipinski definition) is 4. The van der Waals surface area contributed by atoms with E-state index in [9.17, 15) is 4.79 Å². The third-order valence-electron chi connectivity index (χ3n) is 4.10. The molecule has 0 saturated heterocycles. The zero-order valence-electron chi connectivity index (χ0n) is 14.8. The topological polar surface area (TPSA) is 76.2 Å². The Labute approximate surface area is 146 Å². The largest absolute Gasteiger partial charge is 0.361 e. The second kappa shape index (κ2) is 6.80. The fourth-order valence-electron chi connectivity index (χ4n) is 2.61. The van der Waals surface area contributed by atoms with Crippen LogP contribution in [0.3, 0.4) is 0 Å². The van der Waals surface area contributed by atoms with Crippen LogP contribution in [0.2, 0.25) is 0 Å². The molecule has 7 heteroatoms. The molecular formula is C18H21N5O2. The van der Waals surface area contributed by atoms with Gasteiger partial charge in [0.05, 0.1) is 17.9 Å². The van der Waals surface area contributed by atoms with Crippen LogP contribution in [-0.4, -0.2) is 32.9 Å². The van der Waals surface area contributed by atoms with Crippen molar-refractivity contribution in [2.24, 2.45) is 0 Å². The van der Waals surface area contributed by atoms with Gasteiger partial charge in [0, 0.05) is 30.2 Å². The molecule has 0 radical (unpaired) electrons. The van der Waals surface area contributed by atoms with Gasteiger partial charge in [-0.15, -0.1) is 0 Å². The fourth-order valence-corrected chi connectivity index (χ4v) is 2.61. The number of carbonyl (C=O) groups excluding carboxylic acids is 1. The zero-order valence-corrected chi connectivity index (χ0v) is 14.8. The molecule has 1 N–H and O–H groups in total. The number of amides is 2. The van der Waals surface area contributed by atoms with E-state index in [1.54, 1.807) is 18.1 Å². The molecule has 2 amide bonds. The van der Waals surface area contributed by atoms with Crippen molar-refractivity contribution in [1.82, 2.24) is 19.8 Å². The molecule has 2 heterocycles. The second-order valence-electron chi connectivity index (χ2n) is 6.02. The lowest BCUT2D eigenvalue weighted by Gasteiger charge is -2.18. The molecular weight excluding hydrogens is 318 g/mol. The molecule has 2 aromatic heterocycles. The molecule has 0 aliphatic carbocycles. The summed E-state index contributed by atoms with van der Waals surface area (Å²) in [6.45, 7) is 6.13. The van der Waals surface area contributed by atoms with Gasteiger partial charge in [-0.3, -0.25) is 0 Å². The van der Waals surface area contributed by atoms with Crippen molar-refractivity contribution < 1.29 is 9.32 Å². The van der Waals surface area contributed by atoms with Crippen LogP contribution in [0.5, 0.6) is 0 Å². The molecule has 25 heavy (non-hydrogen) atoms. The molecule has 0 saturated carbocycles. The molecule has 3 rings (SSSR count). The highest BCUT2D eigenvalue weighted by Gasteiger charge is 2.15. The molecule has 130 valence electrons. The third-order valence-corrected chi connectivity index (χ3v) is 4.10. The van der Waals surface area contributed by atoms with Crippen molar-refractivity contribution >= 4 is 11.7 Å². The predicted molar refractivity (Wildman–Crippen MR) is 94.8 cm³/mol. The van der Waals surface area contributed by atoms with E-state index in [1.165, 1.54) is 0 Å². The van der Waals surface area contributed by atoms with E-state index in [0.29, 0.717) is 12.2 Å². The summed E-state index contributed by atoms with van der Waals surface area (Å²) in [5.74, 6) is 0.730. The van der Waals surface area contributed by atoms with Gasteiger partial charge in [-0.25, -0.2) is 9.48 Å². The number of anilines is 1. The van der Waals surface area contributed by atoms with Gasteiger partial charge in [-0.1, -0.05) is 11.2 Å². The van der Waals surface area contributed by atoms with Gasteiger partial charge in [0.25, 0.3) is 0 Å². The van der Waals surface area contributed by atoms with Crippen molar-refractivity contribution in [2.45, 2.75) is 27.3 Å². The third kappa shape index (κ3) is 3.55. The maximum atomic E-state index is 12.5. The summed E-state index contributed by atoms with van der Waals surface area (Å²) in [4.78, 5) is 14.1. The van der Waals surface area contributed by atoms with Crippen LogP contribution in [0.25, 0.3) is 5.69 Å². The Morgan fingerprint density at radius 3 is 2.72 bits per heavy atom. The lowest BCUT2D eigenvalue weighted by Crippen LogP contribution is -2.31. The minimum Gasteiger partial charge on any atom is -0.361 e. The first kappa shape index (κ1) is 16.8. The summed E-state index contributed by atoms with van der Waals surface area (Å²) in [5, 5.41) is 11.1. The standard InChI is InChI=1S/C18H21N5O2/c1-12-8-9-19-23(12)16-7-5-6-15(10-16)20-18(24)22(4)11-17-13(2)21-25-14(17)3/h5-10H,11H2,1-4H3,(H,20,24). The Morgan fingerprint density at radius 2 is 2.08 bits per heavy atom. The number of aromatic nitrogens is 3. The number of urea groups is 1. The first-order valence-corrected chi connectivity index (χ1v) is 8.00. The van der Waals surface area contributed by atoms with E-state index in [4.69, 9.17) is 4.52 Å².